The van der Waals surface area contributed by atoms with Crippen LogP contribution >= 0.6 is 0 Å². The number of hydrogen-bond donors (Lipinski definition) is 0. The van der Waals surface area contributed by atoms with Crippen molar-refractivity contribution in [3.05, 3.63) is 0 Å². The van der Waals surface area contributed by atoms with Crippen molar-refractivity contribution in [2.24, 2.45) is 0 Å². The molecule has 0 bridgehead atoms. The summed E-state index contributed by atoms with van der Waals surface area (Å²) >= 11 is 0. The highest BCUT2D eigenvalue weighted by molar-refractivity contribution is 5.60. The molecule has 0 rings (SSSR count). The van der Waals surface area contributed by atoms with E-state index < -0.39 is 25.3 Å². The predicted octanol–water partition coefficient (Wildman–Crippen LogP) is 1.24. The van der Waals surface area contributed by atoms with E-state index in [0.29, 0.717) is 0 Å². The van der Waals surface area contributed by atoms with E-state index in [2.05, 4.69) is 18.9 Å². The number of methoxy groups -OCH3 is 1. The number of ether oxygens (including phenoxy) is 4. The molecule has 0 aromatic rings. The molecule has 0 aromatic heterocycles. The molecule has 0 aliphatic heterocycles. The zero-order chi connectivity index (χ0) is 11.0. The lowest BCUT2D eigenvalue weighted by atomic mass is 10.7. The molecule has 0 saturated heterocycles. The molecular weight excluding hydrogens is 199 g/mol. The summed E-state index contributed by atoms with van der Waals surface area (Å²) in [6.07, 6.45) is -4.28. The highest BCUT2D eigenvalue weighted by Gasteiger charge is 2.15. The monoisotopic (exact) mass is 210 g/mol. The van der Waals surface area contributed by atoms with Gasteiger partial charge in [-0.2, -0.15) is 4.39 Å². The first-order valence-corrected chi connectivity index (χ1v) is 3.78. The molecule has 1 atom stereocenters. The van der Waals surface area contributed by atoms with Crippen LogP contribution in [0.25, 0.3) is 0 Å². The van der Waals surface area contributed by atoms with Gasteiger partial charge in [0.15, 0.2) is 6.61 Å². The average molecular weight is 210 g/mol. The molecule has 0 heterocycles. The second-order valence-corrected chi connectivity index (χ2v) is 1.98. The van der Waals surface area contributed by atoms with E-state index >= 15 is 0 Å². The first-order chi connectivity index (χ1) is 6.60. The van der Waals surface area contributed by atoms with Gasteiger partial charge in [0, 0.05) is 0 Å². The fourth-order valence-corrected chi connectivity index (χ4v) is 0.480. The number of carbonyl (C=O) groups excluding carboxylic acids is 2. The van der Waals surface area contributed by atoms with Crippen molar-refractivity contribution in [3.8, 4) is 0 Å². The van der Waals surface area contributed by atoms with Crippen molar-refractivity contribution >= 4 is 12.3 Å². The van der Waals surface area contributed by atoms with E-state index in [-0.39, 0.29) is 6.61 Å². The first kappa shape index (κ1) is 12.5. The second-order valence-electron chi connectivity index (χ2n) is 1.98. The summed E-state index contributed by atoms with van der Waals surface area (Å²) in [7, 11) is 1.03. The molecule has 14 heavy (non-hydrogen) atoms. The molecular formula is C7H11FO6. The van der Waals surface area contributed by atoms with Gasteiger partial charge in [-0.1, -0.05) is 0 Å². The van der Waals surface area contributed by atoms with Crippen LogP contribution in [0.2, 0.25) is 0 Å². The standard InChI is InChI=1S/C7H11FO6/c1-3-12-7(10)13-4-5(8)14-6(9)11-2/h5H,3-4H2,1-2H3. The van der Waals surface area contributed by atoms with Gasteiger partial charge in [-0.05, 0) is 6.92 Å². The van der Waals surface area contributed by atoms with Crippen LogP contribution in [0.15, 0.2) is 0 Å². The van der Waals surface area contributed by atoms with Gasteiger partial charge in [0.1, 0.15) is 0 Å². The molecule has 0 saturated carbocycles. The molecule has 82 valence electrons. The number of hydrogen-bond acceptors (Lipinski definition) is 6. The van der Waals surface area contributed by atoms with Gasteiger partial charge in [0.05, 0.1) is 13.7 Å². The van der Waals surface area contributed by atoms with Crippen LogP contribution in [-0.2, 0) is 18.9 Å². The van der Waals surface area contributed by atoms with Crippen LogP contribution < -0.4 is 0 Å². The number of rotatable bonds is 4. The fourth-order valence-electron chi connectivity index (χ4n) is 0.480. The van der Waals surface area contributed by atoms with Crippen molar-refractivity contribution in [1.82, 2.24) is 0 Å². The van der Waals surface area contributed by atoms with E-state index in [1.54, 1.807) is 6.92 Å². The minimum atomic E-state index is -2.06. The maximum Gasteiger partial charge on any atom is 0.510 e. The maximum absolute atomic E-state index is 12.6. The van der Waals surface area contributed by atoms with Crippen LogP contribution in [0.3, 0.4) is 0 Å². The Morgan fingerprint density at radius 2 is 1.93 bits per heavy atom. The molecule has 6 nitrogen and oxygen atoms in total. The van der Waals surface area contributed by atoms with Crippen LogP contribution in [0.5, 0.6) is 0 Å². The topological polar surface area (TPSA) is 71.1 Å². The average Bonchev–Trinajstić information content (AvgIpc) is 2.15. The van der Waals surface area contributed by atoms with Gasteiger partial charge in [0.25, 0.3) is 6.36 Å². The number of halogens is 1. The van der Waals surface area contributed by atoms with Gasteiger partial charge in [-0.25, -0.2) is 9.59 Å². The van der Waals surface area contributed by atoms with Crippen LogP contribution in [0, 0.1) is 0 Å². The largest absolute Gasteiger partial charge is 0.510 e. The molecule has 0 N–H and O–H groups in total. The summed E-state index contributed by atoms with van der Waals surface area (Å²) in [5, 5.41) is 0. The first-order valence-electron chi connectivity index (χ1n) is 3.78. The zero-order valence-electron chi connectivity index (χ0n) is 7.82. The predicted molar refractivity (Wildman–Crippen MR) is 41.4 cm³/mol. The lowest BCUT2D eigenvalue weighted by Crippen LogP contribution is -2.21. The van der Waals surface area contributed by atoms with Gasteiger partial charge in [0.2, 0.25) is 0 Å². The Balaban J connectivity index is 3.57. The summed E-state index contributed by atoms with van der Waals surface area (Å²) in [6.45, 7) is 0.959. The van der Waals surface area contributed by atoms with Gasteiger partial charge in [-0.15, -0.1) is 0 Å². The van der Waals surface area contributed by atoms with E-state index in [1.165, 1.54) is 0 Å². The summed E-state index contributed by atoms with van der Waals surface area (Å²) in [5.74, 6) is 0. The third-order valence-electron chi connectivity index (χ3n) is 0.985. The van der Waals surface area contributed by atoms with Crippen molar-refractivity contribution in [2.45, 2.75) is 13.3 Å². The Hall–Kier alpha value is -1.53. The van der Waals surface area contributed by atoms with E-state index in [9.17, 15) is 14.0 Å². The second kappa shape index (κ2) is 6.93. The Kier molecular flexibility index (Phi) is 6.17. The van der Waals surface area contributed by atoms with Crippen molar-refractivity contribution in [1.29, 1.82) is 0 Å². The normalized spacial score (nSPS) is 11.4. The third-order valence-corrected chi connectivity index (χ3v) is 0.985. The molecule has 0 aromatic carbocycles. The Bertz CT molecular complexity index is 195. The molecule has 1 unspecified atom stereocenters. The van der Waals surface area contributed by atoms with Crippen LogP contribution in [0.4, 0.5) is 14.0 Å². The lowest BCUT2D eigenvalue weighted by molar-refractivity contribution is -0.0635. The Morgan fingerprint density at radius 1 is 1.29 bits per heavy atom. The minimum Gasteiger partial charge on any atom is -0.438 e. The number of alkyl halides is 1. The molecule has 0 radical (unpaired) electrons. The zero-order valence-corrected chi connectivity index (χ0v) is 7.82. The summed E-state index contributed by atoms with van der Waals surface area (Å²) in [4.78, 5) is 20.9. The quantitative estimate of drug-likeness (QED) is 0.650. The van der Waals surface area contributed by atoms with Crippen molar-refractivity contribution < 1.29 is 32.9 Å². The van der Waals surface area contributed by atoms with E-state index in [4.69, 9.17) is 0 Å². The smallest absolute Gasteiger partial charge is 0.438 e. The fraction of sp³-hybridized carbons (Fsp3) is 0.714. The SMILES string of the molecule is CCOC(=O)OCC(F)OC(=O)OC. The summed E-state index contributed by atoms with van der Waals surface area (Å²) in [5.41, 5.74) is 0. The maximum atomic E-state index is 12.6. The van der Waals surface area contributed by atoms with E-state index in [1.807, 2.05) is 0 Å². The lowest BCUT2D eigenvalue weighted by Gasteiger charge is -2.08. The van der Waals surface area contributed by atoms with Gasteiger partial charge >= 0.3 is 12.3 Å². The molecule has 0 aliphatic carbocycles. The van der Waals surface area contributed by atoms with Gasteiger partial charge < -0.3 is 18.9 Å². The Labute approximate surface area is 79.9 Å². The minimum absolute atomic E-state index is 0.119. The van der Waals surface area contributed by atoms with E-state index in [0.717, 1.165) is 7.11 Å². The molecule has 0 spiro atoms. The third kappa shape index (κ3) is 6.04. The molecule has 7 heteroatoms. The highest BCUT2D eigenvalue weighted by Crippen LogP contribution is 1.98. The molecule has 0 amide bonds. The van der Waals surface area contributed by atoms with Crippen LogP contribution in [0.1, 0.15) is 6.92 Å². The summed E-state index contributed by atoms with van der Waals surface area (Å²) in [6, 6.07) is 0. The highest BCUT2D eigenvalue weighted by atomic mass is 19.1. The molecule has 0 aliphatic rings. The van der Waals surface area contributed by atoms with Crippen molar-refractivity contribution in [3.63, 3.8) is 0 Å². The van der Waals surface area contributed by atoms with Crippen LogP contribution in [-0.4, -0.2) is 39.0 Å². The Morgan fingerprint density at radius 3 is 2.43 bits per heavy atom. The van der Waals surface area contributed by atoms with Gasteiger partial charge in [-0.3, -0.25) is 0 Å². The summed E-state index contributed by atoms with van der Waals surface area (Å²) < 4.78 is 29.1. The molecule has 0 fully saturated rings. The number of carbonyl (C=O) groups is 2. The van der Waals surface area contributed by atoms with Crippen molar-refractivity contribution in [2.75, 3.05) is 20.3 Å².